The van der Waals surface area contributed by atoms with Crippen molar-refractivity contribution >= 4 is 58.0 Å². The third-order valence-electron chi connectivity index (χ3n) is 7.39. The Bertz CT molecular complexity index is 1820. The normalized spacial score (nSPS) is 12.9. The van der Waals surface area contributed by atoms with E-state index < -0.39 is 17.6 Å². The highest BCUT2D eigenvalue weighted by atomic mass is 35.5. The number of aromatic nitrogens is 2. The summed E-state index contributed by atoms with van der Waals surface area (Å²) in [5, 5.41) is 11.7. The van der Waals surface area contributed by atoms with Gasteiger partial charge in [0.25, 0.3) is 5.91 Å². The molecule has 236 valence electrons. The summed E-state index contributed by atoms with van der Waals surface area (Å²) in [5.74, 6) is -2.10. The van der Waals surface area contributed by atoms with Gasteiger partial charge < -0.3 is 25.3 Å². The molecule has 2 aliphatic carbocycles. The van der Waals surface area contributed by atoms with Crippen LogP contribution in [0, 0.1) is 11.6 Å². The van der Waals surface area contributed by atoms with Crippen molar-refractivity contribution in [1.82, 2.24) is 9.13 Å². The molecule has 4 aromatic rings. The molecule has 13 heteroatoms. The average molecular weight is 660 g/mol. The molecule has 6 rings (SSSR count). The van der Waals surface area contributed by atoms with Crippen molar-refractivity contribution in [3.8, 4) is 0 Å². The Kier molecular flexibility index (Phi) is 10.5. The van der Waals surface area contributed by atoms with Crippen LogP contribution in [0.3, 0.4) is 0 Å². The Morgan fingerprint density at radius 2 is 1.31 bits per heavy atom. The number of nitrogen functional groups attached to an aromatic ring is 1. The number of nitrogens with one attached hydrogen (secondary N) is 1. The highest BCUT2D eigenvalue weighted by Crippen LogP contribution is 2.29. The number of anilines is 2. The molecule has 0 atom stereocenters. The number of aryl methyl sites for hydroxylation is 2. The van der Waals surface area contributed by atoms with Crippen LogP contribution >= 0.6 is 23.2 Å². The molecule has 9 nitrogen and oxygen atoms in total. The van der Waals surface area contributed by atoms with Crippen LogP contribution in [-0.2, 0) is 25.9 Å². The van der Waals surface area contributed by atoms with E-state index in [9.17, 15) is 28.0 Å². The van der Waals surface area contributed by atoms with Crippen LogP contribution in [0.5, 0.6) is 0 Å². The molecule has 4 N–H and O–H groups in total. The Morgan fingerprint density at radius 3 is 1.78 bits per heavy atom. The number of carboxylic acids is 1. The second-order valence-corrected chi connectivity index (χ2v) is 11.0. The van der Waals surface area contributed by atoms with Gasteiger partial charge in [-0.1, -0.05) is 23.2 Å². The number of Topliss-reactive ketones (excluding diaryl/α,β-unsaturated/α-hetero) is 2. The molecular formula is C32H30Cl2F2N4O5. The fourth-order valence-electron chi connectivity index (χ4n) is 5.23. The molecule has 0 unspecified atom stereocenters. The first-order valence-corrected chi connectivity index (χ1v) is 14.8. The van der Waals surface area contributed by atoms with E-state index in [0.29, 0.717) is 72.5 Å². The largest absolute Gasteiger partial charge is 0.477 e. The summed E-state index contributed by atoms with van der Waals surface area (Å²) in [5.41, 5.74) is 9.67. The van der Waals surface area contributed by atoms with Crippen molar-refractivity contribution in [2.45, 2.75) is 52.6 Å². The topological polar surface area (TPSA) is 136 Å². The van der Waals surface area contributed by atoms with Gasteiger partial charge in [0.15, 0.2) is 11.6 Å². The van der Waals surface area contributed by atoms with E-state index in [2.05, 4.69) is 5.32 Å². The van der Waals surface area contributed by atoms with Gasteiger partial charge in [-0.3, -0.25) is 14.4 Å². The number of fused-ring (bicyclic) bond motifs is 2. The maximum Gasteiger partial charge on any atom is 0.352 e. The molecule has 2 aromatic carbocycles. The van der Waals surface area contributed by atoms with Crippen molar-refractivity contribution < 1.29 is 33.1 Å². The zero-order valence-corrected chi connectivity index (χ0v) is 25.9. The number of hydrogen-bond donors (Lipinski definition) is 3. The number of hydrogen-bond acceptors (Lipinski definition) is 5. The van der Waals surface area contributed by atoms with E-state index in [1.807, 2.05) is 13.8 Å². The Hall–Kier alpha value is -4.48. The molecular weight excluding hydrogens is 629 g/mol. The first-order valence-electron chi connectivity index (χ1n) is 14.1. The second-order valence-electron chi connectivity index (χ2n) is 10.2. The van der Waals surface area contributed by atoms with Crippen molar-refractivity contribution in [2.24, 2.45) is 0 Å². The van der Waals surface area contributed by atoms with E-state index in [0.717, 1.165) is 5.56 Å². The van der Waals surface area contributed by atoms with Crippen molar-refractivity contribution in [1.29, 1.82) is 0 Å². The lowest BCUT2D eigenvalue weighted by atomic mass is 10.1. The van der Waals surface area contributed by atoms with E-state index in [1.54, 1.807) is 21.5 Å². The van der Waals surface area contributed by atoms with E-state index in [4.69, 9.17) is 34.0 Å². The van der Waals surface area contributed by atoms with Gasteiger partial charge in [0.2, 0.25) is 0 Å². The van der Waals surface area contributed by atoms with E-state index in [-0.39, 0.29) is 33.2 Å². The van der Waals surface area contributed by atoms with Gasteiger partial charge in [0.05, 0.1) is 10.0 Å². The summed E-state index contributed by atoms with van der Waals surface area (Å²) < 4.78 is 28.9. The van der Waals surface area contributed by atoms with Crippen LogP contribution in [0.2, 0.25) is 10.0 Å². The first-order chi connectivity index (χ1) is 21.4. The van der Waals surface area contributed by atoms with Gasteiger partial charge in [0.1, 0.15) is 23.0 Å². The maximum atomic E-state index is 13.2. The summed E-state index contributed by atoms with van der Waals surface area (Å²) >= 11 is 11.1. The smallest absolute Gasteiger partial charge is 0.352 e. The highest BCUT2D eigenvalue weighted by molar-refractivity contribution is 6.31. The van der Waals surface area contributed by atoms with Crippen molar-refractivity contribution in [3.63, 3.8) is 0 Å². The van der Waals surface area contributed by atoms with Gasteiger partial charge in [-0.15, -0.1) is 0 Å². The molecule has 0 fully saturated rings. The van der Waals surface area contributed by atoms with Gasteiger partial charge >= 0.3 is 5.97 Å². The lowest BCUT2D eigenvalue weighted by Crippen LogP contribution is -2.18. The molecule has 0 bridgehead atoms. The van der Waals surface area contributed by atoms with Crippen molar-refractivity contribution in [3.05, 3.63) is 104 Å². The number of rotatable bonds is 5. The number of benzene rings is 2. The molecule has 0 spiro atoms. The molecule has 0 saturated carbocycles. The van der Waals surface area contributed by atoms with Gasteiger partial charge in [-0.05, 0) is 74.2 Å². The van der Waals surface area contributed by atoms with Crippen LogP contribution in [0.4, 0.5) is 20.2 Å². The third kappa shape index (κ3) is 7.26. The molecule has 2 aliphatic rings. The first kappa shape index (κ1) is 33.4. The lowest BCUT2D eigenvalue weighted by molar-refractivity contribution is 0.0683. The zero-order chi connectivity index (χ0) is 33.0. The van der Waals surface area contributed by atoms with Crippen LogP contribution < -0.4 is 11.1 Å². The molecule has 0 aliphatic heterocycles. The summed E-state index contributed by atoms with van der Waals surface area (Å²) in [6.07, 6.45) is 5.44. The number of aromatic carboxylic acids is 1. The number of amides is 1. The fourth-order valence-corrected chi connectivity index (χ4v) is 5.60. The monoisotopic (exact) mass is 658 g/mol. The molecule has 2 aromatic heterocycles. The summed E-state index contributed by atoms with van der Waals surface area (Å²) in [6.45, 7) is 4.95. The maximum absolute atomic E-state index is 13.2. The Balaban J connectivity index is 0.000000171. The molecule has 2 heterocycles. The summed E-state index contributed by atoms with van der Waals surface area (Å²) in [6, 6.07) is 8.07. The number of carbonyl (C=O) groups excluding carboxylic acids is 3. The molecule has 1 amide bonds. The van der Waals surface area contributed by atoms with Gasteiger partial charge in [-0.25, -0.2) is 13.6 Å². The number of nitrogens with two attached hydrogens (primary N) is 1. The number of ketones is 2. The fraction of sp³-hybridized carbons (Fsp3) is 0.250. The van der Waals surface area contributed by atoms with Gasteiger partial charge in [-0.2, -0.15) is 0 Å². The minimum atomic E-state index is -0.942. The van der Waals surface area contributed by atoms with Crippen LogP contribution in [0.25, 0.3) is 0 Å². The quantitative estimate of drug-likeness (QED) is 0.196. The third-order valence-corrected chi connectivity index (χ3v) is 7.97. The van der Waals surface area contributed by atoms with E-state index in [1.165, 1.54) is 36.4 Å². The number of carbonyl (C=O) groups is 4. The minimum absolute atomic E-state index is 0.0518. The molecule has 45 heavy (non-hydrogen) atoms. The standard InChI is InChI=1S/C16H14ClFN2O2.C10H11NO3.C6H5ClFN/c1-2-20-8-11-10(4-6-14(11)21)15(20)16(22)19-9-3-5-13(18)12(17)7-9;1-2-11-5-7-6(3-4-8(7)12)9(11)10(13)14;7-5-3-4(9)1-2-6(5)8/h3,5,7-8H,2,4,6H2,1H3,(H,19,22);5H,2-4H2,1H3,(H,13,14);1-3H,9H2. The minimum Gasteiger partial charge on any atom is -0.477 e. The number of carboxylic acid groups (broad SMARTS) is 1. The van der Waals surface area contributed by atoms with Crippen LogP contribution in [0.1, 0.15) is 79.5 Å². The second kappa shape index (κ2) is 14.1. The van der Waals surface area contributed by atoms with Crippen LogP contribution in [0.15, 0.2) is 48.8 Å². The van der Waals surface area contributed by atoms with Gasteiger partial charge in [0, 0.05) is 60.8 Å². The Labute approximate surface area is 267 Å². The average Bonchev–Trinajstić information content (AvgIpc) is 3.75. The number of halogens is 4. The SMILES string of the molecule is CCn1cc2c(c1C(=O)Nc1ccc(F)c(Cl)c1)CCC2=O.CCn1cc2c(c1C(=O)O)CCC2=O.Nc1ccc(F)c(Cl)c1. The van der Waals surface area contributed by atoms with Crippen LogP contribution in [-0.4, -0.2) is 37.7 Å². The molecule has 0 saturated heterocycles. The summed E-state index contributed by atoms with van der Waals surface area (Å²) in [4.78, 5) is 46.7. The van der Waals surface area contributed by atoms with Crippen molar-refractivity contribution in [2.75, 3.05) is 11.1 Å². The lowest BCUT2D eigenvalue weighted by Gasteiger charge is -2.10. The molecule has 0 radical (unpaired) electrons. The Morgan fingerprint density at radius 1 is 0.822 bits per heavy atom. The number of nitrogens with zero attached hydrogens (tertiary/aromatic N) is 2. The summed E-state index contributed by atoms with van der Waals surface area (Å²) in [7, 11) is 0. The zero-order valence-electron chi connectivity index (χ0n) is 24.4. The predicted octanol–water partition coefficient (Wildman–Crippen LogP) is 7.08. The van der Waals surface area contributed by atoms with E-state index >= 15 is 0 Å². The highest BCUT2D eigenvalue weighted by Gasteiger charge is 2.30. The predicted molar refractivity (Wildman–Crippen MR) is 168 cm³/mol.